The molecule has 3 aromatic rings. The maximum atomic E-state index is 12.1. The zero-order chi connectivity index (χ0) is 15.0. The van der Waals surface area contributed by atoms with Crippen LogP contribution < -0.4 is 0 Å². The lowest BCUT2D eigenvalue weighted by Crippen LogP contribution is -2.13. The SMILES string of the molecule is CCS(=O)(=O)n1cnc2c(-c3cnccc3Cl)cccc21. The second-order valence-electron chi connectivity index (χ2n) is 4.47. The van der Waals surface area contributed by atoms with Crippen molar-refractivity contribution in [3.05, 3.63) is 48.0 Å². The fourth-order valence-corrected chi connectivity index (χ4v) is 3.29. The van der Waals surface area contributed by atoms with Crippen LogP contribution in [0.1, 0.15) is 6.92 Å². The van der Waals surface area contributed by atoms with Gasteiger partial charge >= 0.3 is 0 Å². The molecule has 0 spiro atoms. The highest BCUT2D eigenvalue weighted by Gasteiger charge is 2.17. The first-order valence-electron chi connectivity index (χ1n) is 6.34. The van der Waals surface area contributed by atoms with Crippen molar-refractivity contribution in [2.45, 2.75) is 6.92 Å². The lowest BCUT2D eigenvalue weighted by molar-refractivity contribution is 0.590. The molecule has 5 nitrogen and oxygen atoms in total. The van der Waals surface area contributed by atoms with Gasteiger partial charge in [0.05, 0.1) is 21.8 Å². The van der Waals surface area contributed by atoms with E-state index in [4.69, 9.17) is 11.6 Å². The van der Waals surface area contributed by atoms with E-state index in [1.165, 1.54) is 10.3 Å². The van der Waals surface area contributed by atoms with Gasteiger partial charge in [0.2, 0.25) is 10.0 Å². The maximum absolute atomic E-state index is 12.1. The number of halogens is 1. The Morgan fingerprint density at radius 2 is 2.05 bits per heavy atom. The molecule has 2 heterocycles. The number of fused-ring (bicyclic) bond motifs is 1. The van der Waals surface area contributed by atoms with Crippen LogP contribution >= 0.6 is 11.6 Å². The van der Waals surface area contributed by atoms with Gasteiger partial charge in [0.25, 0.3) is 0 Å². The molecule has 0 saturated carbocycles. The molecule has 0 aliphatic rings. The molecule has 0 unspecified atom stereocenters. The molecule has 21 heavy (non-hydrogen) atoms. The van der Waals surface area contributed by atoms with E-state index in [0.717, 1.165) is 11.1 Å². The Morgan fingerprint density at radius 1 is 1.24 bits per heavy atom. The second kappa shape index (κ2) is 5.13. The fourth-order valence-electron chi connectivity index (χ4n) is 2.17. The number of para-hydroxylation sites is 1. The molecule has 3 rings (SSSR count). The number of aromatic nitrogens is 3. The number of pyridine rings is 1. The molecule has 108 valence electrons. The van der Waals surface area contributed by atoms with E-state index >= 15 is 0 Å². The molecule has 0 bridgehead atoms. The Kier molecular flexibility index (Phi) is 3.43. The highest BCUT2D eigenvalue weighted by molar-refractivity contribution is 7.90. The number of nitrogens with zero attached hydrogens (tertiary/aromatic N) is 3. The van der Waals surface area contributed by atoms with E-state index < -0.39 is 10.0 Å². The predicted octanol–water partition coefficient (Wildman–Crippen LogP) is 2.95. The van der Waals surface area contributed by atoms with E-state index in [2.05, 4.69) is 9.97 Å². The van der Waals surface area contributed by atoms with Crippen molar-refractivity contribution in [3.8, 4) is 11.1 Å². The maximum Gasteiger partial charge on any atom is 0.240 e. The predicted molar refractivity (Wildman–Crippen MR) is 82.8 cm³/mol. The van der Waals surface area contributed by atoms with Crippen molar-refractivity contribution in [1.82, 2.24) is 13.9 Å². The first-order chi connectivity index (χ1) is 10.0. The zero-order valence-electron chi connectivity index (χ0n) is 11.2. The summed E-state index contributed by atoms with van der Waals surface area (Å²) < 4.78 is 25.4. The molecule has 0 radical (unpaired) electrons. The monoisotopic (exact) mass is 321 g/mol. The van der Waals surface area contributed by atoms with E-state index in [9.17, 15) is 8.42 Å². The third-order valence-corrected chi connectivity index (χ3v) is 5.22. The summed E-state index contributed by atoms with van der Waals surface area (Å²) in [7, 11) is -3.38. The highest BCUT2D eigenvalue weighted by atomic mass is 35.5. The average molecular weight is 322 g/mol. The lowest BCUT2D eigenvalue weighted by Gasteiger charge is -2.06. The van der Waals surface area contributed by atoms with Crippen LogP contribution in [0, 0.1) is 0 Å². The van der Waals surface area contributed by atoms with Gasteiger partial charge in [-0.25, -0.2) is 17.4 Å². The first kappa shape index (κ1) is 14.0. The van der Waals surface area contributed by atoms with Gasteiger partial charge in [-0.15, -0.1) is 0 Å². The van der Waals surface area contributed by atoms with Gasteiger partial charge < -0.3 is 0 Å². The lowest BCUT2D eigenvalue weighted by atomic mass is 10.1. The third-order valence-electron chi connectivity index (χ3n) is 3.27. The number of imidazole rings is 1. The number of benzene rings is 1. The largest absolute Gasteiger partial charge is 0.264 e. The van der Waals surface area contributed by atoms with E-state index in [1.54, 1.807) is 37.5 Å². The van der Waals surface area contributed by atoms with Crippen molar-refractivity contribution in [2.75, 3.05) is 5.75 Å². The normalized spacial score (nSPS) is 11.9. The van der Waals surface area contributed by atoms with Crippen molar-refractivity contribution in [3.63, 3.8) is 0 Å². The highest BCUT2D eigenvalue weighted by Crippen LogP contribution is 2.32. The molecule has 2 aromatic heterocycles. The van der Waals surface area contributed by atoms with E-state index in [0.29, 0.717) is 16.1 Å². The first-order valence-corrected chi connectivity index (χ1v) is 8.32. The Labute approximate surface area is 127 Å². The Balaban J connectivity index is 2.31. The van der Waals surface area contributed by atoms with Gasteiger partial charge in [-0.3, -0.25) is 4.98 Å². The standard InChI is InChI=1S/C14H12ClN3O2S/c1-2-21(19,20)18-9-17-14-10(4-3-5-13(14)18)11-8-16-7-6-12(11)15/h3-9H,2H2,1H3. The fraction of sp³-hybridized carbons (Fsp3) is 0.143. The van der Waals surface area contributed by atoms with Crippen LogP contribution in [0.2, 0.25) is 5.02 Å². The minimum Gasteiger partial charge on any atom is -0.264 e. The van der Waals surface area contributed by atoms with Crippen LogP contribution in [-0.4, -0.2) is 28.1 Å². The zero-order valence-corrected chi connectivity index (χ0v) is 12.8. The third kappa shape index (κ3) is 2.30. The van der Waals surface area contributed by atoms with Crippen LogP contribution in [0.5, 0.6) is 0 Å². The van der Waals surface area contributed by atoms with Crippen LogP contribution in [0.3, 0.4) is 0 Å². The molecule has 0 atom stereocenters. The summed E-state index contributed by atoms with van der Waals surface area (Å²) in [6, 6.07) is 7.05. The molecule has 1 aromatic carbocycles. The summed E-state index contributed by atoms with van der Waals surface area (Å²) in [5, 5.41) is 0.547. The molecule has 0 aliphatic heterocycles. The molecular formula is C14H12ClN3O2S. The van der Waals surface area contributed by atoms with E-state index in [-0.39, 0.29) is 5.75 Å². The number of rotatable bonds is 3. The molecule has 0 saturated heterocycles. The van der Waals surface area contributed by atoms with Crippen LogP contribution in [0.4, 0.5) is 0 Å². The van der Waals surface area contributed by atoms with Crippen LogP contribution in [0.15, 0.2) is 43.0 Å². The summed E-state index contributed by atoms with van der Waals surface area (Å²) in [5.41, 5.74) is 2.61. The van der Waals surface area contributed by atoms with E-state index in [1.807, 2.05) is 6.07 Å². The van der Waals surface area contributed by atoms with Gasteiger partial charge in [0.15, 0.2) is 0 Å². The van der Waals surface area contributed by atoms with Crippen molar-refractivity contribution >= 4 is 32.7 Å². The Morgan fingerprint density at radius 3 is 2.76 bits per heavy atom. The van der Waals surface area contributed by atoms with Gasteiger partial charge in [-0.05, 0) is 19.1 Å². The summed E-state index contributed by atoms with van der Waals surface area (Å²) in [6.45, 7) is 1.60. The summed E-state index contributed by atoms with van der Waals surface area (Å²) >= 11 is 6.19. The van der Waals surface area contributed by atoms with Gasteiger partial charge in [-0.2, -0.15) is 0 Å². The summed E-state index contributed by atoms with van der Waals surface area (Å²) in [6.07, 6.45) is 4.58. The molecule has 0 N–H and O–H groups in total. The summed E-state index contributed by atoms with van der Waals surface area (Å²) in [4.78, 5) is 8.31. The van der Waals surface area contributed by atoms with Crippen molar-refractivity contribution in [2.24, 2.45) is 0 Å². The quantitative estimate of drug-likeness (QED) is 0.744. The van der Waals surface area contributed by atoms with Gasteiger partial charge in [0.1, 0.15) is 6.33 Å². The Hall–Kier alpha value is -1.92. The number of hydrogen-bond donors (Lipinski definition) is 0. The number of hydrogen-bond acceptors (Lipinski definition) is 4. The topological polar surface area (TPSA) is 64.8 Å². The Bertz CT molecular complexity index is 919. The van der Waals surface area contributed by atoms with Crippen molar-refractivity contribution < 1.29 is 8.42 Å². The molecular weight excluding hydrogens is 310 g/mol. The minimum absolute atomic E-state index is 0.0103. The summed E-state index contributed by atoms with van der Waals surface area (Å²) in [5.74, 6) is 0.0103. The average Bonchev–Trinajstić information content (AvgIpc) is 2.92. The minimum atomic E-state index is -3.38. The molecule has 0 fully saturated rings. The smallest absolute Gasteiger partial charge is 0.240 e. The second-order valence-corrected chi connectivity index (χ2v) is 7.01. The molecule has 0 amide bonds. The van der Waals surface area contributed by atoms with Crippen LogP contribution in [-0.2, 0) is 10.0 Å². The van der Waals surface area contributed by atoms with Crippen molar-refractivity contribution in [1.29, 1.82) is 0 Å². The van der Waals surface area contributed by atoms with Gasteiger partial charge in [-0.1, -0.05) is 23.7 Å². The van der Waals surface area contributed by atoms with Crippen LogP contribution in [0.25, 0.3) is 22.2 Å². The molecule has 0 aliphatic carbocycles. The molecule has 7 heteroatoms. The van der Waals surface area contributed by atoms with Gasteiger partial charge in [0, 0.05) is 23.5 Å².